The van der Waals surface area contributed by atoms with Crippen molar-refractivity contribution in [1.29, 1.82) is 0 Å². The predicted octanol–water partition coefficient (Wildman–Crippen LogP) is 2.89. The second-order valence-electron chi connectivity index (χ2n) is 3.85. The van der Waals surface area contributed by atoms with Crippen molar-refractivity contribution >= 4 is 16.3 Å². The molecule has 0 atom stereocenters. The summed E-state index contributed by atoms with van der Waals surface area (Å²) in [5, 5.41) is 2.65. The number of nitrogens with zero attached hydrogens (tertiary/aromatic N) is 1. The van der Waals surface area contributed by atoms with Gasteiger partial charge in [-0.25, -0.2) is 0 Å². The van der Waals surface area contributed by atoms with Crippen LogP contribution in [-0.4, -0.2) is 0 Å². The molecule has 3 rings (SSSR count). The van der Waals surface area contributed by atoms with Gasteiger partial charge in [-0.05, 0) is 30.0 Å². The summed E-state index contributed by atoms with van der Waals surface area (Å²) in [4.78, 5) is 0. The first-order chi connectivity index (χ1) is 7.36. The van der Waals surface area contributed by atoms with Gasteiger partial charge < -0.3 is 0 Å². The van der Waals surface area contributed by atoms with Crippen LogP contribution in [0, 0.1) is 6.92 Å². The first-order valence-corrected chi connectivity index (χ1v) is 5.14. The van der Waals surface area contributed by atoms with Crippen LogP contribution in [-0.2, 0) is 0 Å². The zero-order valence-corrected chi connectivity index (χ0v) is 8.64. The molecule has 0 unspecified atom stereocenters. The van der Waals surface area contributed by atoms with Crippen molar-refractivity contribution in [2.45, 2.75) is 6.92 Å². The molecule has 72 valence electrons. The lowest BCUT2D eigenvalue weighted by Gasteiger charge is -2.00. The highest BCUT2D eigenvalue weighted by Gasteiger charge is 2.06. The molecule has 0 radical (unpaired) electrons. The van der Waals surface area contributed by atoms with Crippen molar-refractivity contribution in [3.8, 4) is 0 Å². The zero-order valence-electron chi connectivity index (χ0n) is 8.64. The second kappa shape index (κ2) is 3.06. The number of aromatic nitrogens is 1. The van der Waals surface area contributed by atoms with E-state index in [4.69, 9.17) is 0 Å². The quantitative estimate of drug-likeness (QED) is 0.383. The molecule has 1 aromatic carbocycles. The van der Waals surface area contributed by atoms with Crippen LogP contribution >= 0.6 is 0 Å². The molecular formula is C14H12N+. The lowest BCUT2D eigenvalue weighted by atomic mass is 10.1. The highest BCUT2D eigenvalue weighted by molar-refractivity contribution is 5.95. The Labute approximate surface area is 88.6 Å². The maximum absolute atomic E-state index is 2.18. The standard InChI is InChI=1S/C14H12N/c1-11-5-4-6-13-12(11)8-10-15-9-3-2-7-14(13)15/h2-10H,1H3/q+1. The molecule has 1 nitrogen and oxygen atoms in total. The van der Waals surface area contributed by atoms with Gasteiger partial charge in [0.1, 0.15) is 0 Å². The molecule has 0 saturated heterocycles. The second-order valence-corrected chi connectivity index (χ2v) is 3.85. The summed E-state index contributed by atoms with van der Waals surface area (Å²) >= 11 is 0. The van der Waals surface area contributed by atoms with Crippen molar-refractivity contribution in [2.24, 2.45) is 0 Å². The molecular weight excluding hydrogens is 182 g/mol. The van der Waals surface area contributed by atoms with Crippen LogP contribution in [0.25, 0.3) is 16.3 Å². The van der Waals surface area contributed by atoms with Gasteiger partial charge in [0.05, 0.1) is 5.39 Å². The smallest absolute Gasteiger partial charge is 0.167 e. The maximum Gasteiger partial charge on any atom is 0.218 e. The maximum atomic E-state index is 2.18. The topological polar surface area (TPSA) is 4.10 Å². The van der Waals surface area contributed by atoms with E-state index in [1.807, 2.05) is 0 Å². The molecule has 2 heterocycles. The Bertz CT molecular complexity index is 641. The van der Waals surface area contributed by atoms with Gasteiger partial charge in [-0.2, -0.15) is 4.40 Å². The predicted molar refractivity (Wildman–Crippen MR) is 61.8 cm³/mol. The number of pyridine rings is 2. The van der Waals surface area contributed by atoms with Crippen LogP contribution in [0.4, 0.5) is 0 Å². The van der Waals surface area contributed by atoms with Crippen LogP contribution in [0.3, 0.4) is 0 Å². The van der Waals surface area contributed by atoms with Gasteiger partial charge in [-0.3, -0.25) is 0 Å². The minimum Gasteiger partial charge on any atom is -0.167 e. The zero-order chi connectivity index (χ0) is 10.3. The summed E-state index contributed by atoms with van der Waals surface area (Å²) in [6, 6.07) is 14.9. The molecule has 0 spiro atoms. The fraction of sp³-hybridized carbons (Fsp3) is 0.0714. The van der Waals surface area contributed by atoms with E-state index in [2.05, 4.69) is 66.2 Å². The van der Waals surface area contributed by atoms with Gasteiger partial charge in [0.2, 0.25) is 5.52 Å². The van der Waals surface area contributed by atoms with Gasteiger partial charge >= 0.3 is 0 Å². The summed E-state index contributed by atoms with van der Waals surface area (Å²) in [6.07, 6.45) is 4.20. The number of hydrogen-bond acceptors (Lipinski definition) is 0. The van der Waals surface area contributed by atoms with Crippen LogP contribution in [0.2, 0.25) is 0 Å². The highest BCUT2D eigenvalue weighted by Crippen LogP contribution is 2.19. The lowest BCUT2D eigenvalue weighted by molar-refractivity contribution is -0.510. The molecule has 0 fully saturated rings. The molecule has 0 bridgehead atoms. The number of fused-ring (bicyclic) bond motifs is 3. The van der Waals surface area contributed by atoms with Gasteiger partial charge in [0, 0.05) is 18.2 Å². The molecule has 0 aliphatic rings. The van der Waals surface area contributed by atoms with Crippen molar-refractivity contribution < 1.29 is 4.40 Å². The van der Waals surface area contributed by atoms with Crippen molar-refractivity contribution in [3.63, 3.8) is 0 Å². The fourth-order valence-corrected chi connectivity index (χ4v) is 2.09. The Kier molecular flexibility index (Phi) is 1.72. The average Bonchev–Trinajstić information content (AvgIpc) is 2.29. The molecule has 3 aromatic rings. The Hall–Kier alpha value is -1.89. The van der Waals surface area contributed by atoms with Crippen LogP contribution in [0.1, 0.15) is 5.56 Å². The summed E-state index contributed by atoms with van der Waals surface area (Å²) in [6.45, 7) is 2.15. The lowest BCUT2D eigenvalue weighted by Crippen LogP contribution is -2.19. The molecule has 0 amide bonds. The van der Waals surface area contributed by atoms with E-state index in [9.17, 15) is 0 Å². The monoisotopic (exact) mass is 194 g/mol. The average molecular weight is 194 g/mol. The van der Waals surface area contributed by atoms with E-state index >= 15 is 0 Å². The van der Waals surface area contributed by atoms with Gasteiger partial charge in [-0.15, -0.1) is 0 Å². The number of benzene rings is 1. The van der Waals surface area contributed by atoms with E-state index in [0.29, 0.717) is 0 Å². The summed E-state index contributed by atoms with van der Waals surface area (Å²) in [5.74, 6) is 0. The molecule has 0 aliphatic heterocycles. The molecule has 0 saturated carbocycles. The minimum absolute atomic E-state index is 1.26. The van der Waals surface area contributed by atoms with E-state index in [-0.39, 0.29) is 0 Å². The normalized spacial score (nSPS) is 11.0. The van der Waals surface area contributed by atoms with E-state index in [0.717, 1.165) is 0 Å². The van der Waals surface area contributed by atoms with Crippen LogP contribution in [0.15, 0.2) is 54.9 Å². The highest BCUT2D eigenvalue weighted by atomic mass is 14.8. The molecule has 1 heteroatoms. The molecule has 15 heavy (non-hydrogen) atoms. The number of hydrogen-bond donors (Lipinski definition) is 0. The van der Waals surface area contributed by atoms with E-state index in [1.165, 1.54) is 21.9 Å². The third kappa shape index (κ3) is 1.20. The van der Waals surface area contributed by atoms with Gasteiger partial charge in [-0.1, -0.05) is 12.1 Å². The summed E-state index contributed by atoms with van der Waals surface area (Å²) < 4.78 is 2.15. The first-order valence-electron chi connectivity index (χ1n) is 5.14. The van der Waals surface area contributed by atoms with Crippen LogP contribution < -0.4 is 4.40 Å². The van der Waals surface area contributed by atoms with Crippen molar-refractivity contribution in [3.05, 3.63) is 60.4 Å². The number of rotatable bonds is 0. The Morgan fingerprint density at radius 3 is 2.67 bits per heavy atom. The van der Waals surface area contributed by atoms with Crippen molar-refractivity contribution in [2.75, 3.05) is 0 Å². The first kappa shape index (κ1) is 8.42. The van der Waals surface area contributed by atoms with Crippen LogP contribution in [0.5, 0.6) is 0 Å². The molecule has 0 N–H and O–H groups in total. The fourth-order valence-electron chi connectivity index (χ4n) is 2.09. The third-order valence-corrected chi connectivity index (χ3v) is 2.89. The third-order valence-electron chi connectivity index (χ3n) is 2.89. The molecule has 0 aliphatic carbocycles. The van der Waals surface area contributed by atoms with Gasteiger partial charge in [0.15, 0.2) is 12.4 Å². The number of aryl methyl sites for hydroxylation is 1. The Morgan fingerprint density at radius 1 is 0.800 bits per heavy atom. The Morgan fingerprint density at radius 2 is 1.73 bits per heavy atom. The largest absolute Gasteiger partial charge is 0.218 e. The minimum atomic E-state index is 1.26. The SMILES string of the molecule is Cc1cccc2c1cc[n+]1ccccc21. The van der Waals surface area contributed by atoms with Crippen molar-refractivity contribution in [1.82, 2.24) is 0 Å². The van der Waals surface area contributed by atoms with E-state index < -0.39 is 0 Å². The Balaban J connectivity index is 2.60. The van der Waals surface area contributed by atoms with E-state index in [1.54, 1.807) is 0 Å². The van der Waals surface area contributed by atoms with Gasteiger partial charge in [0.25, 0.3) is 0 Å². The summed E-state index contributed by atoms with van der Waals surface area (Å²) in [7, 11) is 0. The molecule has 2 aromatic heterocycles. The summed E-state index contributed by atoms with van der Waals surface area (Å²) in [5.41, 5.74) is 2.59.